The van der Waals surface area contributed by atoms with E-state index in [0.29, 0.717) is 0 Å². The van der Waals surface area contributed by atoms with Gasteiger partial charge in [0.15, 0.2) is 0 Å². The first-order chi connectivity index (χ1) is 7.70. The van der Waals surface area contributed by atoms with Crippen LogP contribution < -0.4 is 5.73 Å². The van der Waals surface area contributed by atoms with Crippen molar-refractivity contribution in [1.29, 1.82) is 0 Å². The lowest BCUT2D eigenvalue weighted by Gasteiger charge is -2.21. The Morgan fingerprint density at radius 3 is 2.44 bits per heavy atom. The summed E-state index contributed by atoms with van der Waals surface area (Å²) >= 11 is 0. The molecule has 0 aromatic rings. The van der Waals surface area contributed by atoms with Gasteiger partial charge < -0.3 is 10.5 Å². The number of hydrogen-bond donors (Lipinski definition) is 1. The second kappa shape index (κ2) is 11.4. The van der Waals surface area contributed by atoms with E-state index in [2.05, 4.69) is 25.7 Å². The molecule has 0 aromatic heterocycles. The standard InChI is InChI=1S/C13H30N2O/c1-4-5-8-15(9-7-14)10-12-16-11-6-13(2)3/h13H,4-12,14H2,1-3H3. The molecule has 0 aliphatic rings. The molecule has 0 spiro atoms. The molecule has 0 aromatic carbocycles. The topological polar surface area (TPSA) is 38.5 Å². The van der Waals surface area contributed by atoms with Gasteiger partial charge in [-0.15, -0.1) is 0 Å². The molecule has 0 unspecified atom stereocenters. The fraction of sp³-hybridized carbons (Fsp3) is 1.00. The van der Waals surface area contributed by atoms with Gasteiger partial charge in [0.25, 0.3) is 0 Å². The van der Waals surface area contributed by atoms with Crippen LogP contribution >= 0.6 is 0 Å². The van der Waals surface area contributed by atoms with Crippen LogP contribution in [-0.4, -0.2) is 44.3 Å². The lowest BCUT2D eigenvalue weighted by molar-refractivity contribution is 0.0964. The van der Waals surface area contributed by atoms with Crippen LogP contribution in [0.4, 0.5) is 0 Å². The van der Waals surface area contributed by atoms with E-state index in [4.69, 9.17) is 10.5 Å². The fourth-order valence-corrected chi connectivity index (χ4v) is 1.51. The van der Waals surface area contributed by atoms with Crippen molar-refractivity contribution in [2.24, 2.45) is 11.7 Å². The second-order valence-electron chi connectivity index (χ2n) is 4.78. The molecule has 2 N–H and O–H groups in total. The summed E-state index contributed by atoms with van der Waals surface area (Å²) in [6.07, 6.45) is 3.66. The van der Waals surface area contributed by atoms with Crippen molar-refractivity contribution < 1.29 is 4.74 Å². The maximum absolute atomic E-state index is 5.62. The Bertz CT molecular complexity index is 140. The van der Waals surface area contributed by atoms with Gasteiger partial charge in [0.1, 0.15) is 0 Å². The first-order valence-corrected chi connectivity index (χ1v) is 6.70. The zero-order valence-corrected chi connectivity index (χ0v) is 11.4. The third-order valence-electron chi connectivity index (χ3n) is 2.66. The first-order valence-electron chi connectivity index (χ1n) is 6.70. The van der Waals surface area contributed by atoms with Crippen LogP contribution in [0.25, 0.3) is 0 Å². The summed E-state index contributed by atoms with van der Waals surface area (Å²) in [6.45, 7) is 12.3. The van der Waals surface area contributed by atoms with Crippen LogP contribution in [0.1, 0.15) is 40.0 Å². The van der Waals surface area contributed by atoms with Crippen LogP contribution in [-0.2, 0) is 4.74 Å². The molecule has 0 bridgehead atoms. The molecule has 16 heavy (non-hydrogen) atoms. The van der Waals surface area contributed by atoms with Crippen molar-refractivity contribution >= 4 is 0 Å². The molecule has 0 atom stereocenters. The number of ether oxygens (including phenoxy) is 1. The largest absolute Gasteiger partial charge is 0.380 e. The van der Waals surface area contributed by atoms with Gasteiger partial charge in [0.2, 0.25) is 0 Å². The minimum Gasteiger partial charge on any atom is -0.380 e. The summed E-state index contributed by atoms with van der Waals surface area (Å²) in [5.74, 6) is 0.736. The maximum Gasteiger partial charge on any atom is 0.0593 e. The second-order valence-corrected chi connectivity index (χ2v) is 4.78. The zero-order chi connectivity index (χ0) is 12.2. The molecule has 0 aliphatic heterocycles. The van der Waals surface area contributed by atoms with E-state index < -0.39 is 0 Å². The molecular weight excluding hydrogens is 200 g/mol. The average molecular weight is 230 g/mol. The highest BCUT2D eigenvalue weighted by atomic mass is 16.5. The van der Waals surface area contributed by atoms with E-state index in [1.54, 1.807) is 0 Å². The van der Waals surface area contributed by atoms with Crippen LogP contribution in [0, 0.1) is 5.92 Å². The Labute approximate surface area is 101 Å². The van der Waals surface area contributed by atoms with Crippen molar-refractivity contribution in [2.45, 2.75) is 40.0 Å². The van der Waals surface area contributed by atoms with Gasteiger partial charge in [-0.3, -0.25) is 4.90 Å². The average Bonchev–Trinajstić information content (AvgIpc) is 2.24. The van der Waals surface area contributed by atoms with Crippen molar-refractivity contribution in [1.82, 2.24) is 4.90 Å². The Kier molecular flexibility index (Phi) is 11.3. The maximum atomic E-state index is 5.62. The molecule has 0 saturated carbocycles. The van der Waals surface area contributed by atoms with E-state index in [1.807, 2.05) is 0 Å². The molecule has 3 nitrogen and oxygen atoms in total. The van der Waals surface area contributed by atoms with E-state index in [0.717, 1.165) is 51.7 Å². The van der Waals surface area contributed by atoms with Gasteiger partial charge in [-0.25, -0.2) is 0 Å². The molecule has 0 saturated heterocycles. The van der Waals surface area contributed by atoms with E-state index >= 15 is 0 Å². The summed E-state index contributed by atoms with van der Waals surface area (Å²) in [5, 5.41) is 0. The lowest BCUT2D eigenvalue weighted by atomic mass is 10.1. The Balaban J connectivity index is 3.43. The van der Waals surface area contributed by atoms with E-state index in [9.17, 15) is 0 Å². The monoisotopic (exact) mass is 230 g/mol. The Morgan fingerprint density at radius 2 is 1.88 bits per heavy atom. The minimum absolute atomic E-state index is 0.736. The normalized spacial score (nSPS) is 11.6. The van der Waals surface area contributed by atoms with Gasteiger partial charge in [-0.1, -0.05) is 27.2 Å². The van der Waals surface area contributed by atoms with Crippen molar-refractivity contribution in [2.75, 3.05) is 39.4 Å². The van der Waals surface area contributed by atoms with Crippen molar-refractivity contribution in [3.05, 3.63) is 0 Å². The van der Waals surface area contributed by atoms with Gasteiger partial charge in [0.05, 0.1) is 6.61 Å². The van der Waals surface area contributed by atoms with E-state index in [1.165, 1.54) is 12.8 Å². The number of nitrogens with two attached hydrogens (primary N) is 1. The van der Waals surface area contributed by atoms with Gasteiger partial charge in [-0.05, 0) is 25.3 Å². The Morgan fingerprint density at radius 1 is 1.12 bits per heavy atom. The predicted molar refractivity (Wildman–Crippen MR) is 70.7 cm³/mol. The zero-order valence-electron chi connectivity index (χ0n) is 11.4. The molecule has 0 rings (SSSR count). The lowest BCUT2D eigenvalue weighted by Crippen LogP contribution is -2.33. The van der Waals surface area contributed by atoms with Gasteiger partial charge >= 0.3 is 0 Å². The molecule has 0 aliphatic carbocycles. The van der Waals surface area contributed by atoms with Crippen LogP contribution in [0.5, 0.6) is 0 Å². The number of nitrogens with zero attached hydrogens (tertiary/aromatic N) is 1. The molecule has 98 valence electrons. The summed E-state index contributed by atoms with van der Waals surface area (Å²) in [5.41, 5.74) is 5.59. The summed E-state index contributed by atoms with van der Waals surface area (Å²) in [6, 6.07) is 0. The third-order valence-corrected chi connectivity index (χ3v) is 2.66. The molecule has 3 heteroatoms. The minimum atomic E-state index is 0.736. The molecule has 0 heterocycles. The predicted octanol–water partition coefficient (Wildman–Crippen LogP) is 2.11. The smallest absolute Gasteiger partial charge is 0.0593 e. The first kappa shape index (κ1) is 15.9. The highest BCUT2D eigenvalue weighted by Crippen LogP contribution is 1.99. The molecule has 0 amide bonds. The summed E-state index contributed by atoms with van der Waals surface area (Å²) in [4.78, 5) is 2.40. The summed E-state index contributed by atoms with van der Waals surface area (Å²) < 4.78 is 5.62. The highest BCUT2D eigenvalue weighted by Gasteiger charge is 2.02. The van der Waals surface area contributed by atoms with Gasteiger partial charge in [0, 0.05) is 26.2 Å². The SMILES string of the molecule is CCCCN(CCN)CCOCCC(C)C. The number of hydrogen-bond acceptors (Lipinski definition) is 3. The molecular formula is C13H30N2O. The van der Waals surface area contributed by atoms with Crippen molar-refractivity contribution in [3.63, 3.8) is 0 Å². The molecule has 0 fully saturated rings. The van der Waals surface area contributed by atoms with Crippen LogP contribution in [0.3, 0.4) is 0 Å². The fourth-order valence-electron chi connectivity index (χ4n) is 1.51. The van der Waals surface area contributed by atoms with E-state index in [-0.39, 0.29) is 0 Å². The van der Waals surface area contributed by atoms with Crippen molar-refractivity contribution in [3.8, 4) is 0 Å². The van der Waals surface area contributed by atoms with Crippen LogP contribution in [0.15, 0.2) is 0 Å². The van der Waals surface area contributed by atoms with Crippen LogP contribution in [0.2, 0.25) is 0 Å². The quantitative estimate of drug-likeness (QED) is 0.553. The Hall–Kier alpha value is -0.120. The summed E-state index contributed by atoms with van der Waals surface area (Å²) in [7, 11) is 0. The highest BCUT2D eigenvalue weighted by molar-refractivity contribution is 4.57. The van der Waals surface area contributed by atoms with Gasteiger partial charge in [-0.2, -0.15) is 0 Å². The number of rotatable bonds is 11. The number of unbranched alkanes of at least 4 members (excludes halogenated alkanes) is 1. The third kappa shape index (κ3) is 10.4. The molecule has 0 radical (unpaired) electrons.